The first-order chi connectivity index (χ1) is 17.4. The summed E-state index contributed by atoms with van der Waals surface area (Å²) in [7, 11) is 3.29. The van der Waals surface area contributed by atoms with E-state index >= 15 is 0 Å². The lowest BCUT2D eigenvalue weighted by Crippen LogP contribution is -2.42. The van der Waals surface area contributed by atoms with Crippen molar-refractivity contribution in [1.82, 2.24) is 15.3 Å². The number of nitrogens with one attached hydrogen (secondary N) is 3. The molecule has 3 aliphatic rings. The van der Waals surface area contributed by atoms with Crippen molar-refractivity contribution in [3.05, 3.63) is 41.1 Å². The monoisotopic (exact) mass is 510 g/mol. The molecule has 1 aromatic heterocycles. The first-order valence-corrected chi connectivity index (χ1v) is 12.8. The molecule has 5 rings (SSSR count). The standard InChI is InChI=1S/C26H31ClN6O3/c1-4-33-19-11-10-18(23(36-3)16(19)6-5-7-20(33)34)30-26-29-13-17(27)24(32-26)31-22-15-9-8-14(12-15)21(22)25(35)28-2/h8-11,13-15,21-22H,4-7,12H2,1-3H3,(H,28,35)(H2,29,30,31,32)/t14-,15+,21+,22-/m0/s1. The van der Waals surface area contributed by atoms with Gasteiger partial charge < -0.3 is 25.6 Å². The van der Waals surface area contributed by atoms with Gasteiger partial charge in [0.25, 0.3) is 0 Å². The normalized spacial score (nSPS) is 24.3. The van der Waals surface area contributed by atoms with E-state index in [1.165, 1.54) is 0 Å². The van der Waals surface area contributed by atoms with E-state index in [2.05, 4.69) is 38.1 Å². The number of methoxy groups -OCH3 is 1. The average Bonchev–Trinajstić information content (AvgIpc) is 3.44. The van der Waals surface area contributed by atoms with Crippen LogP contribution in [0.25, 0.3) is 0 Å². The number of hydrogen-bond acceptors (Lipinski definition) is 7. The molecule has 2 bridgehead atoms. The summed E-state index contributed by atoms with van der Waals surface area (Å²) in [5.41, 5.74) is 2.58. The SMILES string of the molecule is CCN1C(=O)CCCc2c1ccc(Nc1ncc(Cl)c(N[C@@H]3[C@H](C(=O)NC)[C@H]4C=C[C@@H]3C4)n1)c2OC. The zero-order chi connectivity index (χ0) is 25.4. The number of carbonyl (C=O) groups is 2. The van der Waals surface area contributed by atoms with Crippen LogP contribution in [0.4, 0.5) is 23.1 Å². The Hall–Kier alpha value is -3.33. The van der Waals surface area contributed by atoms with Crippen molar-refractivity contribution >= 4 is 46.6 Å². The van der Waals surface area contributed by atoms with E-state index in [9.17, 15) is 9.59 Å². The van der Waals surface area contributed by atoms with Crippen molar-refractivity contribution in [2.75, 3.05) is 36.2 Å². The van der Waals surface area contributed by atoms with Crippen LogP contribution in [0.5, 0.6) is 5.75 Å². The second kappa shape index (κ2) is 9.97. The van der Waals surface area contributed by atoms with E-state index in [4.69, 9.17) is 16.3 Å². The largest absolute Gasteiger partial charge is 0.494 e. The topological polar surface area (TPSA) is 108 Å². The van der Waals surface area contributed by atoms with Crippen LogP contribution in [-0.4, -0.2) is 48.5 Å². The van der Waals surface area contributed by atoms with Gasteiger partial charge in [-0.25, -0.2) is 4.98 Å². The summed E-state index contributed by atoms with van der Waals surface area (Å²) in [4.78, 5) is 35.9. The highest BCUT2D eigenvalue weighted by molar-refractivity contribution is 6.32. The number of carbonyl (C=O) groups excluding carboxylic acids is 2. The van der Waals surface area contributed by atoms with Gasteiger partial charge in [-0.1, -0.05) is 23.8 Å². The summed E-state index contributed by atoms with van der Waals surface area (Å²) in [5.74, 6) is 1.92. The van der Waals surface area contributed by atoms with Gasteiger partial charge in [-0.15, -0.1) is 0 Å². The van der Waals surface area contributed by atoms with Gasteiger partial charge in [-0.05, 0) is 50.2 Å². The lowest BCUT2D eigenvalue weighted by molar-refractivity contribution is -0.125. The van der Waals surface area contributed by atoms with Crippen molar-refractivity contribution in [1.29, 1.82) is 0 Å². The van der Waals surface area contributed by atoms with Crippen molar-refractivity contribution in [2.24, 2.45) is 17.8 Å². The number of hydrogen-bond donors (Lipinski definition) is 3. The summed E-state index contributed by atoms with van der Waals surface area (Å²) in [6, 6.07) is 3.73. The van der Waals surface area contributed by atoms with Gasteiger partial charge >= 0.3 is 0 Å². The number of allylic oxidation sites excluding steroid dienone is 1. The Bertz CT molecular complexity index is 1220. The second-order valence-corrected chi connectivity index (χ2v) is 9.82. The molecule has 36 heavy (non-hydrogen) atoms. The Kier molecular flexibility index (Phi) is 6.75. The molecule has 1 aliphatic heterocycles. The molecule has 0 spiro atoms. The Labute approximate surface area is 215 Å². The van der Waals surface area contributed by atoms with Gasteiger partial charge in [-0.2, -0.15) is 4.98 Å². The molecule has 1 aromatic carbocycles. The number of ether oxygens (including phenoxy) is 1. The van der Waals surface area contributed by atoms with E-state index in [1.807, 2.05) is 24.0 Å². The maximum absolute atomic E-state index is 12.6. The van der Waals surface area contributed by atoms with Crippen LogP contribution in [0.1, 0.15) is 31.7 Å². The quantitative estimate of drug-likeness (QED) is 0.484. The van der Waals surface area contributed by atoms with Gasteiger partial charge in [0.15, 0.2) is 5.82 Å². The minimum atomic E-state index is -0.179. The molecule has 190 valence electrons. The van der Waals surface area contributed by atoms with Crippen LogP contribution in [0, 0.1) is 17.8 Å². The molecular formula is C26H31ClN6O3. The van der Waals surface area contributed by atoms with Crippen LogP contribution in [0.3, 0.4) is 0 Å². The summed E-state index contributed by atoms with van der Waals surface area (Å²) in [6.07, 6.45) is 8.80. The molecule has 0 unspecified atom stereocenters. The molecule has 2 aliphatic carbocycles. The van der Waals surface area contributed by atoms with Gasteiger partial charge in [-0.3, -0.25) is 9.59 Å². The predicted octanol–water partition coefficient (Wildman–Crippen LogP) is 3.92. The molecule has 3 N–H and O–H groups in total. The van der Waals surface area contributed by atoms with Crippen LogP contribution in [0.15, 0.2) is 30.5 Å². The zero-order valence-corrected chi connectivity index (χ0v) is 21.4. The van der Waals surface area contributed by atoms with Crippen LogP contribution in [-0.2, 0) is 16.0 Å². The van der Waals surface area contributed by atoms with Crippen molar-refractivity contribution in [3.8, 4) is 5.75 Å². The summed E-state index contributed by atoms with van der Waals surface area (Å²) in [6.45, 7) is 2.58. The average molecular weight is 511 g/mol. The molecule has 2 amide bonds. The Morgan fingerprint density at radius 2 is 2.06 bits per heavy atom. The number of fused-ring (bicyclic) bond motifs is 3. The van der Waals surface area contributed by atoms with E-state index < -0.39 is 0 Å². The van der Waals surface area contributed by atoms with Gasteiger partial charge in [0.2, 0.25) is 17.8 Å². The molecule has 10 heteroatoms. The lowest BCUT2D eigenvalue weighted by Gasteiger charge is -2.28. The van der Waals surface area contributed by atoms with Crippen LogP contribution >= 0.6 is 11.6 Å². The molecule has 9 nitrogen and oxygen atoms in total. The molecule has 1 saturated carbocycles. The smallest absolute Gasteiger partial charge is 0.229 e. The van der Waals surface area contributed by atoms with E-state index in [0.29, 0.717) is 41.2 Å². The van der Waals surface area contributed by atoms with Crippen molar-refractivity contribution < 1.29 is 14.3 Å². The van der Waals surface area contributed by atoms with Gasteiger partial charge in [0, 0.05) is 31.6 Å². The Morgan fingerprint density at radius 1 is 1.25 bits per heavy atom. The number of benzene rings is 1. The minimum Gasteiger partial charge on any atom is -0.494 e. The Balaban J connectivity index is 1.43. The molecule has 4 atom stereocenters. The zero-order valence-electron chi connectivity index (χ0n) is 20.7. The van der Waals surface area contributed by atoms with E-state index in [-0.39, 0.29) is 35.6 Å². The number of halogens is 1. The molecule has 0 saturated heterocycles. The van der Waals surface area contributed by atoms with Crippen LogP contribution < -0.4 is 25.6 Å². The summed E-state index contributed by atoms with van der Waals surface area (Å²) in [5, 5.41) is 9.87. The number of aromatic nitrogens is 2. The maximum Gasteiger partial charge on any atom is 0.229 e. The minimum absolute atomic E-state index is 0.0159. The molecule has 1 fully saturated rings. The highest BCUT2D eigenvalue weighted by Gasteiger charge is 2.48. The fourth-order valence-electron chi connectivity index (χ4n) is 5.83. The predicted molar refractivity (Wildman–Crippen MR) is 140 cm³/mol. The maximum atomic E-state index is 12.6. The van der Waals surface area contributed by atoms with E-state index in [1.54, 1.807) is 20.4 Å². The molecule has 2 aromatic rings. The fourth-order valence-corrected chi connectivity index (χ4v) is 5.97. The first kappa shape index (κ1) is 24.4. The highest BCUT2D eigenvalue weighted by atomic mass is 35.5. The summed E-state index contributed by atoms with van der Waals surface area (Å²) >= 11 is 6.46. The van der Waals surface area contributed by atoms with Gasteiger partial charge in [0.05, 0.1) is 30.6 Å². The number of rotatable bonds is 7. The lowest BCUT2D eigenvalue weighted by atomic mass is 9.88. The fraction of sp³-hybridized carbons (Fsp3) is 0.462. The summed E-state index contributed by atoms with van der Waals surface area (Å²) < 4.78 is 5.80. The molecule has 0 radical (unpaired) electrons. The Morgan fingerprint density at radius 3 is 2.81 bits per heavy atom. The number of nitrogens with zero attached hydrogens (tertiary/aromatic N) is 3. The molecule has 2 heterocycles. The van der Waals surface area contributed by atoms with Crippen molar-refractivity contribution in [2.45, 2.75) is 38.6 Å². The van der Waals surface area contributed by atoms with Crippen molar-refractivity contribution in [3.63, 3.8) is 0 Å². The van der Waals surface area contributed by atoms with Crippen LogP contribution in [0.2, 0.25) is 5.02 Å². The number of amides is 2. The van der Waals surface area contributed by atoms with E-state index in [0.717, 1.165) is 30.5 Å². The first-order valence-electron chi connectivity index (χ1n) is 12.4. The third-order valence-electron chi connectivity index (χ3n) is 7.47. The van der Waals surface area contributed by atoms with Gasteiger partial charge in [0.1, 0.15) is 10.8 Å². The number of anilines is 4. The molecular weight excluding hydrogens is 480 g/mol. The third-order valence-corrected chi connectivity index (χ3v) is 7.74. The second-order valence-electron chi connectivity index (χ2n) is 9.41. The third kappa shape index (κ3) is 4.25. The highest BCUT2D eigenvalue weighted by Crippen LogP contribution is 2.45.